The normalized spacial score (nSPS) is 15.6. The van der Waals surface area contributed by atoms with Crippen molar-refractivity contribution in [3.63, 3.8) is 0 Å². The number of methoxy groups -OCH3 is 2. The van der Waals surface area contributed by atoms with Crippen molar-refractivity contribution in [2.45, 2.75) is 20.8 Å². The quantitative estimate of drug-likeness (QED) is 0.475. The van der Waals surface area contributed by atoms with Gasteiger partial charge in [0, 0.05) is 0 Å². The van der Waals surface area contributed by atoms with E-state index in [9.17, 15) is 9.59 Å². The van der Waals surface area contributed by atoms with E-state index in [4.69, 9.17) is 21.7 Å². The predicted octanol–water partition coefficient (Wildman–Crippen LogP) is 3.46. The van der Waals surface area contributed by atoms with Crippen LogP contribution in [0.4, 0.5) is 5.69 Å². The zero-order valence-corrected chi connectivity index (χ0v) is 17.8. The Labute approximate surface area is 175 Å². The van der Waals surface area contributed by atoms with Crippen LogP contribution in [-0.2, 0) is 9.59 Å². The molecule has 7 heteroatoms. The molecule has 0 unspecified atom stereocenters. The summed E-state index contributed by atoms with van der Waals surface area (Å²) < 4.78 is 10.6. The first kappa shape index (κ1) is 20.5. The zero-order chi connectivity index (χ0) is 21.3. The van der Waals surface area contributed by atoms with Crippen molar-refractivity contribution in [3.05, 3.63) is 58.2 Å². The highest BCUT2D eigenvalue weighted by molar-refractivity contribution is 7.80. The number of hydrogen-bond donors (Lipinski definition) is 1. The minimum absolute atomic E-state index is 0.00641. The third-order valence-corrected chi connectivity index (χ3v) is 4.92. The number of carbonyl (C=O) groups excluding carboxylic acids is 2. The molecule has 1 fully saturated rings. The Bertz CT molecular complexity index is 1040. The molecule has 1 N–H and O–H groups in total. The van der Waals surface area contributed by atoms with Gasteiger partial charge in [-0.1, -0.05) is 6.07 Å². The van der Waals surface area contributed by atoms with Gasteiger partial charge in [0.05, 0.1) is 19.9 Å². The lowest BCUT2D eigenvalue weighted by atomic mass is 10.0. The van der Waals surface area contributed by atoms with Crippen molar-refractivity contribution in [1.82, 2.24) is 5.32 Å². The minimum atomic E-state index is -0.533. The summed E-state index contributed by atoms with van der Waals surface area (Å²) in [6, 6.07) is 9.24. The topological polar surface area (TPSA) is 67.9 Å². The second-order valence-corrected chi connectivity index (χ2v) is 7.25. The lowest BCUT2D eigenvalue weighted by Crippen LogP contribution is -2.54. The molecule has 1 aliphatic rings. The third-order valence-electron chi connectivity index (χ3n) is 4.64. The maximum Gasteiger partial charge on any atom is 0.270 e. The Kier molecular flexibility index (Phi) is 5.70. The highest BCUT2D eigenvalue weighted by Gasteiger charge is 2.34. The Balaban J connectivity index is 2.08. The van der Waals surface area contributed by atoms with Crippen LogP contribution in [-0.4, -0.2) is 31.1 Å². The molecule has 0 aromatic heterocycles. The summed E-state index contributed by atoms with van der Waals surface area (Å²) in [5, 5.41) is 2.67. The molecule has 0 aliphatic carbocycles. The van der Waals surface area contributed by atoms with Gasteiger partial charge in [-0.15, -0.1) is 0 Å². The van der Waals surface area contributed by atoms with Gasteiger partial charge in [0.25, 0.3) is 11.8 Å². The number of hydrogen-bond acceptors (Lipinski definition) is 5. The standard InChI is InChI=1S/C22H22N2O4S/c1-12-6-13(2)8-16(7-12)24-21(26)17(20(25)23-22(24)29)10-15-11-19(28-5)18(27-4)9-14(15)3/h6-11H,1-5H3,(H,23,25,29)/b17-10+. The second kappa shape index (κ2) is 8.05. The largest absolute Gasteiger partial charge is 0.493 e. The predicted molar refractivity (Wildman–Crippen MR) is 116 cm³/mol. The summed E-state index contributed by atoms with van der Waals surface area (Å²) in [7, 11) is 3.08. The van der Waals surface area contributed by atoms with E-state index in [2.05, 4.69) is 5.32 Å². The second-order valence-electron chi connectivity index (χ2n) is 6.87. The van der Waals surface area contributed by atoms with Crippen LogP contribution in [0.2, 0.25) is 0 Å². The van der Waals surface area contributed by atoms with E-state index < -0.39 is 11.8 Å². The number of rotatable bonds is 4. The van der Waals surface area contributed by atoms with Gasteiger partial charge in [-0.3, -0.25) is 19.8 Å². The molecule has 2 aromatic rings. The fourth-order valence-electron chi connectivity index (χ4n) is 3.28. The molecular formula is C22H22N2O4S. The summed E-state index contributed by atoms with van der Waals surface area (Å²) in [4.78, 5) is 27.1. The van der Waals surface area contributed by atoms with Crippen LogP contribution in [0.15, 0.2) is 35.9 Å². The van der Waals surface area contributed by atoms with Gasteiger partial charge in [0.2, 0.25) is 0 Å². The maximum absolute atomic E-state index is 13.2. The van der Waals surface area contributed by atoms with Crippen LogP contribution in [0.1, 0.15) is 22.3 Å². The van der Waals surface area contributed by atoms with E-state index in [0.29, 0.717) is 22.7 Å². The van der Waals surface area contributed by atoms with Gasteiger partial charge in [-0.25, -0.2) is 0 Å². The number of ether oxygens (including phenoxy) is 2. The molecule has 1 heterocycles. The fourth-order valence-corrected chi connectivity index (χ4v) is 3.56. The van der Waals surface area contributed by atoms with Crippen molar-refractivity contribution < 1.29 is 19.1 Å². The first-order valence-corrected chi connectivity index (χ1v) is 9.38. The lowest BCUT2D eigenvalue weighted by molar-refractivity contribution is -0.122. The maximum atomic E-state index is 13.2. The van der Waals surface area contributed by atoms with Crippen molar-refractivity contribution in [1.29, 1.82) is 0 Å². The average molecular weight is 410 g/mol. The molecule has 1 saturated heterocycles. The number of aryl methyl sites for hydroxylation is 3. The third kappa shape index (κ3) is 4.00. The average Bonchev–Trinajstić information content (AvgIpc) is 2.64. The van der Waals surface area contributed by atoms with Gasteiger partial charge in [0.1, 0.15) is 5.57 Å². The number of thiocarbonyl (C=S) groups is 1. The smallest absolute Gasteiger partial charge is 0.270 e. The van der Waals surface area contributed by atoms with Crippen molar-refractivity contribution in [2.24, 2.45) is 0 Å². The van der Waals surface area contributed by atoms with Crippen LogP contribution in [0.5, 0.6) is 11.5 Å². The van der Waals surface area contributed by atoms with Gasteiger partial charge in [-0.05, 0) is 85.6 Å². The molecule has 0 bridgehead atoms. The van der Waals surface area contributed by atoms with Gasteiger partial charge in [0.15, 0.2) is 16.6 Å². The molecule has 1 aliphatic heterocycles. The molecule has 2 amide bonds. The van der Waals surface area contributed by atoms with Crippen LogP contribution in [0, 0.1) is 20.8 Å². The summed E-state index contributed by atoms with van der Waals surface area (Å²) in [5.74, 6) is 0.0765. The van der Waals surface area contributed by atoms with Crippen LogP contribution < -0.4 is 19.7 Å². The summed E-state index contributed by atoms with van der Waals surface area (Å²) in [6.07, 6.45) is 1.55. The lowest BCUT2D eigenvalue weighted by Gasteiger charge is -2.29. The molecule has 2 aromatic carbocycles. The Morgan fingerprint density at radius 3 is 2.10 bits per heavy atom. The van der Waals surface area contributed by atoms with Crippen molar-refractivity contribution >= 4 is 40.9 Å². The van der Waals surface area contributed by atoms with Crippen molar-refractivity contribution in [2.75, 3.05) is 19.1 Å². The summed E-state index contributed by atoms with van der Waals surface area (Å²) in [5.41, 5.74) is 4.11. The molecule has 29 heavy (non-hydrogen) atoms. The first-order chi connectivity index (χ1) is 13.7. The number of carbonyl (C=O) groups is 2. The van der Waals surface area contributed by atoms with Gasteiger partial charge in [-0.2, -0.15) is 0 Å². The summed E-state index contributed by atoms with van der Waals surface area (Å²) >= 11 is 5.27. The fraction of sp³-hybridized carbons (Fsp3) is 0.227. The number of amides is 2. The first-order valence-electron chi connectivity index (χ1n) is 8.97. The highest BCUT2D eigenvalue weighted by atomic mass is 32.1. The molecule has 0 saturated carbocycles. The molecule has 0 spiro atoms. The molecule has 0 atom stereocenters. The van der Waals surface area contributed by atoms with Crippen LogP contribution in [0.25, 0.3) is 6.08 Å². The molecule has 6 nitrogen and oxygen atoms in total. The SMILES string of the molecule is COc1cc(C)c(/C=C2\C(=O)NC(=S)N(c3cc(C)cc(C)c3)C2=O)cc1OC. The summed E-state index contributed by atoms with van der Waals surface area (Å²) in [6.45, 7) is 5.75. The number of nitrogens with zero attached hydrogens (tertiary/aromatic N) is 1. The zero-order valence-electron chi connectivity index (χ0n) is 17.0. The van der Waals surface area contributed by atoms with Gasteiger partial charge >= 0.3 is 0 Å². The minimum Gasteiger partial charge on any atom is -0.493 e. The van der Waals surface area contributed by atoms with Crippen LogP contribution >= 0.6 is 12.2 Å². The van der Waals surface area contributed by atoms with E-state index in [1.54, 1.807) is 25.3 Å². The molecule has 3 rings (SSSR count). The Morgan fingerprint density at radius 1 is 0.931 bits per heavy atom. The van der Waals surface area contributed by atoms with E-state index in [-0.39, 0.29) is 10.7 Å². The number of benzene rings is 2. The molecule has 0 radical (unpaired) electrons. The monoisotopic (exact) mass is 410 g/mol. The van der Waals surface area contributed by atoms with Crippen LogP contribution in [0.3, 0.4) is 0 Å². The Hall–Kier alpha value is -3.19. The number of nitrogens with one attached hydrogen (secondary N) is 1. The van der Waals surface area contributed by atoms with Crippen molar-refractivity contribution in [3.8, 4) is 11.5 Å². The van der Waals surface area contributed by atoms with Gasteiger partial charge < -0.3 is 9.47 Å². The van der Waals surface area contributed by atoms with E-state index >= 15 is 0 Å². The molecular weight excluding hydrogens is 388 g/mol. The highest BCUT2D eigenvalue weighted by Crippen LogP contribution is 2.32. The van der Waals surface area contributed by atoms with E-state index in [0.717, 1.165) is 16.7 Å². The van der Waals surface area contributed by atoms with E-state index in [1.165, 1.54) is 12.0 Å². The Morgan fingerprint density at radius 2 is 1.52 bits per heavy atom. The number of anilines is 1. The molecule has 150 valence electrons. The van der Waals surface area contributed by atoms with E-state index in [1.807, 2.05) is 39.0 Å².